The van der Waals surface area contributed by atoms with Crippen LogP contribution in [-0.2, 0) is 4.79 Å². The van der Waals surface area contributed by atoms with Gasteiger partial charge in [0.2, 0.25) is 5.91 Å². The predicted molar refractivity (Wildman–Crippen MR) is 62.2 cm³/mol. The van der Waals surface area contributed by atoms with E-state index >= 15 is 0 Å². The maximum absolute atomic E-state index is 11.6. The van der Waals surface area contributed by atoms with Gasteiger partial charge in [-0.25, -0.2) is 0 Å². The molecule has 0 aromatic carbocycles. The summed E-state index contributed by atoms with van der Waals surface area (Å²) in [7, 11) is 0. The molecule has 0 unspecified atom stereocenters. The summed E-state index contributed by atoms with van der Waals surface area (Å²) in [4.78, 5) is 11.6. The highest BCUT2D eigenvalue weighted by Crippen LogP contribution is 2.17. The zero-order valence-electron chi connectivity index (χ0n) is 9.59. The molecule has 2 heteroatoms. The van der Waals surface area contributed by atoms with Crippen LogP contribution in [0.4, 0.5) is 0 Å². The second kappa shape index (κ2) is 6.50. The Hall–Kier alpha value is -0.970. The Kier molecular flexibility index (Phi) is 5.25. The van der Waals surface area contributed by atoms with Crippen LogP contribution in [0, 0.1) is 18.3 Å². The second-order valence-electron chi connectivity index (χ2n) is 4.44. The molecule has 0 aromatic rings. The van der Waals surface area contributed by atoms with Gasteiger partial charge in [-0.1, -0.05) is 38.0 Å². The zero-order chi connectivity index (χ0) is 11.1. The third-order valence-electron chi connectivity index (χ3n) is 3.09. The van der Waals surface area contributed by atoms with Crippen molar-refractivity contribution in [2.24, 2.45) is 5.92 Å². The van der Waals surface area contributed by atoms with Crippen molar-refractivity contribution in [3.8, 4) is 12.3 Å². The largest absolute Gasteiger partial charge is 0.352 e. The number of nitrogens with one attached hydrogen (secondary N) is 1. The SMILES string of the molecule is C#C[C@H](C)C(=O)NC1CCCCCCC1. The van der Waals surface area contributed by atoms with Gasteiger partial charge in [0.15, 0.2) is 0 Å². The topological polar surface area (TPSA) is 29.1 Å². The summed E-state index contributed by atoms with van der Waals surface area (Å²) >= 11 is 0. The molecule has 1 saturated carbocycles. The number of hydrogen-bond donors (Lipinski definition) is 1. The Labute approximate surface area is 92.8 Å². The van der Waals surface area contributed by atoms with Crippen LogP contribution in [0.1, 0.15) is 51.9 Å². The van der Waals surface area contributed by atoms with Crippen LogP contribution in [-0.4, -0.2) is 11.9 Å². The molecule has 0 bridgehead atoms. The van der Waals surface area contributed by atoms with E-state index in [4.69, 9.17) is 6.42 Å². The molecule has 15 heavy (non-hydrogen) atoms. The minimum atomic E-state index is -0.296. The van der Waals surface area contributed by atoms with Crippen LogP contribution in [0.3, 0.4) is 0 Å². The molecule has 1 amide bonds. The lowest BCUT2D eigenvalue weighted by Gasteiger charge is -2.21. The average Bonchev–Trinajstić information content (AvgIpc) is 2.20. The molecular formula is C13H21NO. The van der Waals surface area contributed by atoms with Gasteiger partial charge in [-0.15, -0.1) is 6.42 Å². The van der Waals surface area contributed by atoms with E-state index in [1.165, 1.54) is 32.1 Å². The molecular weight excluding hydrogens is 186 g/mol. The van der Waals surface area contributed by atoms with Crippen LogP contribution in [0.2, 0.25) is 0 Å². The Bertz CT molecular complexity index is 233. The Morgan fingerprint density at radius 2 is 1.80 bits per heavy atom. The van der Waals surface area contributed by atoms with Gasteiger partial charge in [0.1, 0.15) is 0 Å². The molecule has 1 N–H and O–H groups in total. The van der Waals surface area contributed by atoms with Gasteiger partial charge in [0, 0.05) is 6.04 Å². The number of carbonyl (C=O) groups is 1. The van der Waals surface area contributed by atoms with E-state index < -0.39 is 0 Å². The van der Waals surface area contributed by atoms with Crippen LogP contribution in [0.25, 0.3) is 0 Å². The summed E-state index contributed by atoms with van der Waals surface area (Å²) in [5.74, 6) is 2.19. The van der Waals surface area contributed by atoms with Crippen molar-refractivity contribution in [1.82, 2.24) is 5.32 Å². The summed E-state index contributed by atoms with van der Waals surface area (Å²) in [6, 6.07) is 0.355. The minimum absolute atomic E-state index is 0.0167. The van der Waals surface area contributed by atoms with Gasteiger partial charge in [-0.2, -0.15) is 0 Å². The fourth-order valence-corrected chi connectivity index (χ4v) is 2.00. The van der Waals surface area contributed by atoms with E-state index in [0.29, 0.717) is 6.04 Å². The van der Waals surface area contributed by atoms with Gasteiger partial charge in [0.05, 0.1) is 5.92 Å². The maximum Gasteiger partial charge on any atom is 0.235 e. The Balaban J connectivity index is 2.35. The lowest BCUT2D eigenvalue weighted by molar-refractivity contribution is -0.123. The Morgan fingerprint density at radius 3 is 2.33 bits per heavy atom. The van der Waals surface area contributed by atoms with E-state index in [-0.39, 0.29) is 11.8 Å². The molecule has 0 aliphatic heterocycles. The molecule has 84 valence electrons. The monoisotopic (exact) mass is 207 g/mol. The molecule has 1 aliphatic carbocycles. The first-order valence-electron chi connectivity index (χ1n) is 6.00. The molecule has 0 aromatic heterocycles. The number of hydrogen-bond acceptors (Lipinski definition) is 1. The third-order valence-corrected chi connectivity index (χ3v) is 3.09. The molecule has 2 nitrogen and oxygen atoms in total. The molecule has 0 spiro atoms. The summed E-state index contributed by atoms with van der Waals surface area (Å²) < 4.78 is 0. The van der Waals surface area contributed by atoms with Crippen molar-refractivity contribution >= 4 is 5.91 Å². The molecule has 1 rings (SSSR count). The van der Waals surface area contributed by atoms with E-state index in [1.807, 2.05) is 0 Å². The average molecular weight is 207 g/mol. The minimum Gasteiger partial charge on any atom is -0.352 e. The van der Waals surface area contributed by atoms with Crippen LogP contribution in [0.15, 0.2) is 0 Å². The van der Waals surface area contributed by atoms with Gasteiger partial charge in [-0.3, -0.25) is 4.79 Å². The van der Waals surface area contributed by atoms with E-state index in [1.54, 1.807) is 6.92 Å². The van der Waals surface area contributed by atoms with Crippen molar-refractivity contribution in [3.63, 3.8) is 0 Å². The van der Waals surface area contributed by atoms with Gasteiger partial charge in [-0.05, 0) is 19.8 Å². The van der Waals surface area contributed by atoms with Gasteiger partial charge < -0.3 is 5.32 Å². The first kappa shape index (κ1) is 12.1. The second-order valence-corrected chi connectivity index (χ2v) is 4.44. The first-order chi connectivity index (χ1) is 7.24. The molecule has 1 atom stereocenters. The maximum atomic E-state index is 11.6. The van der Waals surface area contributed by atoms with Crippen LogP contribution >= 0.6 is 0 Å². The normalized spacial score (nSPS) is 20.8. The number of carbonyl (C=O) groups excluding carboxylic acids is 1. The summed E-state index contributed by atoms with van der Waals surface area (Å²) in [5, 5.41) is 3.06. The highest BCUT2D eigenvalue weighted by Gasteiger charge is 2.16. The quantitative estimate of drug-likeness (QED) is 0.692. The lowest BCUT2D eigenvalue weighted by atomic mass is 9.96. The van der Waals surface area contributed by atoms with Crippen molar-refractivity contribution in [2.45, 2.75) is 57.9 Å². The molecule has 0 heterocycles. The van der Waals surface area contributed by atoms with Crippen molar-refractivity contribution in [2.75, 3.05) is 0 Å². The molecule has 0 radical (unpaired) electrons. The standard InChI is InChI=1S/C13H21NO/c1-3-11(2)13(15)14-12-9-7-5-4-6-8-10-12/h1,11-12H,4-10H2,2H3,(H,14,15)/t11-/m0/s1. The number of terminal acetylenes is 1. The highest BCUT2D eigenvalue weighted by molar-refractivity contribution is 5.81. The fourth-order valence-electron chi connectivity index (χ4n) is 2.00. The highest BCUT2D eigenvalue weighted by atomic mass is 16.1. The number of amides is 1. The summed E-state index contributed by atoms with van der Waals surface area (Å²) in [5.41, 5.74) is 0. The fraction of sp³-hybridized carbons (Fsp3) is 0.769. The molecule has 1 aliphatic rings. The van der Waals surface area contributed by atoms with Crippen molar-refractivity contribution in [1.29, 1.82) is 0 Å². The zero-order valence-corrected chi connectivity index (χ0v) is 9.59. The summed E-state index contributed by atoms with van der Waals surface area (Å²) in [6.45, 7) is 1.78. The van der Waals surface area contributed by atoms with Gasteiger partial charge in [0.25, 0.3) is 0 Å². The summed E-state index contributed by atoms with van der Waals surface area (Å²) in [6.07, 6.45) is 13.9. The van der Waals surface area contributed by atoms with Crippen LogP contribution < -0.4 is 5.32 Å². The van der Waals surface area contributed by atoms with E-state index in [9.17, 15) is 4.79 Å². The van der Waals surface area contributed by atoms with Gasteiger partial charge >= 0.3 is 0 Å². The predicted octanol–water partition coefficient (Wildman–Crippen LogP) is 2.48. The third kappa shape index (κ3) is 4.38. The van der Waals surface area contributed by atoms with E-state index in [2.05, 4.69) is 11.2 Å². The van der Waals surface area contributed by atoms with E-state index in [0.717, 1.165) is 12.8 Å². The lowest BCUT2D eigenvalue weighted by Crippen LogP contribution is -2.38. The number of rotatable bonds is 2. The Morgan fingerprint density at radius 1 is 1.27 bits per heavy atom. The molecule has 0 saturated heterocycles. The molecule has 1 fully saturated rings. The van der Waals surface area contributed by atoms with Crippen LogP contribution in [0.5, 0.6) is 0 Å². The first-order valence-corrected chi connectivity index (χ1v) is 6.00. The smallest absolute Gasteiger partial charge is 0.235 e. The van der Waals surface area contributed by atoms with Crippen molar-refractivity contribution in [3.05, 3.63) is 0 Å². The van der Waals surface area contributed by atoms with Crippen molar-refractivity contribution < 1.29 is 4.79 Å².